The van der Waals surface area contributed by atoms with Crippen molar-refractivity contribution in [2.75, 3.05) is 20.2 Å². The van der Waals surface area contributed by atoms with E-state index in [0.717, 1.165) is 6.54 Å². The summed E-state index contributed by atoms with van der Waals surface area (Å²) in [6, 6.07) is 2.46. The van der Waals surface area contributed by atoms with Crippen molar-refractivity contribution < 1.29 is 4.74 Å². The zero-order valence-corrected chi connectivity index (χ0v) is 11.4. The summed E-state index contributed by atoms with van der Waals surface area (Å²) in [6.45, 7) is 7.77. The monoisotopic (exact) mass is 242 g/mol. The van der Waals surface area contributed by atoms with Crippen LogP contribution in [-0.4, -0.2) is 26.3 Å². The topological polar surface area (TPSA) is 47.3 Å². The Kier molecular flexibility index (Phi) is 5.41. The highest BCUT2D eigenvalue weighted by Gasteiger charge is 2.14. The molecule has 0 aliphatic rings. The third-order valence-corrected chi connectivity index (χ3v) is 3.73. The van der Waals surface area contributed by atoms with Crippen molar-refractivity contribution >= 4 is 11.3 Å². The average Bonchev–Trinajstić information content (AvgIpc) is 2.59. The molecule has 0 aliphatic heterocycles. The standard InChI is InChI=1S/C12H22N2OS/c1-8(15-4)7-14-12(6-13)11-5-9(2)16-10(11)3/h5,8,12,14H,6-7,13H2,1-4H3. The second-order valence-electron chi connectivity index (χ2n) is 4.11. The molecule has 0 spiro atoms. The quantitative estimate of drug-likeness (QED) is 0.802. The van der Waals surface area contributed by atoms with Gasteiger partial charge in [0.05, 0.1) is 6.10 Å². The number of nitrogens with two attached hydrogens (primary N) is 1. The minimum Gasteiger partial charge on any atom is -0.380 e. The Bertz CT molecular complexity index is 325. The summed E-state index contributed by atoms with van der Waals surface area (Å²) in [5.41, 5.74) is 7.14. The van der Waals surface area contributed by atoms with E-state index in [-0.39, 0.29) is 12.1 Å². The third kappa shape index (κ3) is 3.56. The molecule has 1 rings (SSSR count). The number of ether oxygens (including phenoxy) is 1. The summed E-state index contributed by atoms with van der Waals surface area (Å²) < 4.78 is 5.22. The summed E-state index contributed by atoms with van der Waals surface area (Å²) >= 11 is 1.83. The van der Waals surface area contributed by atoms with Gasteiger partial charge >= 0.3 is 0 Å². The van der Waals surface area contributed by atoms with Gasteiger partial charge < -0.3 is 15.8 Å². The van der Waals surface area contributed by atoms with Crippen LogP contribution in [0.15, 0.2) is 6.07 Å². The lowest BCUT2D eigenvalue weighted by atomic mass is 10.1. The Labute approximate surface area is 102 Å². The number of methoxy groups -OCH3 is 1. The van der Waals surface area contributed by atoms with Gasteiger partial charge in [-0.25, -0.2) is 0 Å². The number of hydrogen-bond donors (Lipinski definition) is 2. The van der Waals surface area contributed by atoms with E-state index in [9.17, 15) is 0 Å². The zero-order valence-electron chi connectivity index (χ0n) is 10.5. The van der Waals surface area contributed by atoms with Crippen molar-refractivity contribution in [2.24, 2.45) is 5.73 Å². The molecule has 92 valence electrons. The smallest absolute Gasteiger partial charge is 0.0667 e. The molecule has 1 heterocycles. The maximum Gasteiger partial charge on any atom is 0.0667 e. The van der Waals surface area contributed by atoms with E-state index in [1.54, 1.807) is 7.11 Å². The summed E-state index contributed by atoms with van der Waals surface area (Å²) in [6.07, 6.45) is 0.217. The first-order valence-electron chi connectivity index (χ1n) is 5.61. The highest BCUT2D eigenvalue weighted by molar-refractivity contribution is 7.12. The van der Waals surface area contributed by atoms with Gasteiger partial charge in [-0.15, -0.1) is 11.3 Å². The molecule has 1 aromatic rings. The Morgan fingerprint density at radius 1 is 1.50 bits per heavy atom. The van der Waals surface area contributed by atoms with Crippen LogP contribution in [0.4, 0.5) is 0 Å². The van der Waals surface area contributed by atoms with E-state index in [4.69, 9.17) is 10.5 Å². The molecule has 2 atom stereocenters. The fourth-order valence-electron chi connectivity index (χ4n) is 1.71. The van der Waals surface area contributed by atoms with Gasteiger partial charge in [-0.1, -0.05) is 0 Å². The van der Waals surface area contributed by atoms with Crippen LogP contribution < -0.4 is 11.1 Å². The van der Waals surface area contributed by atoms with Crippen LogP contribution in [0.1, 0.15) is 28.3 Å². The molecule has 0 amide bonds. The van der Waals surface area contributed by atoms with Crippen molar-refractivity contribution in [2.45, 2.75) is 32.9 Å². The van der Waals surface area contributed by atoms with Crippen molar-refractivity contribution in [3.05, 3.63) is 21.4 Å². The van der Waals surface area contributed by atoms with Crippen LogP contribution in [-0.2, 0) is 4.74 Å². The predicted octanol–water partition coefficient (Wildman–Crippen LogP) is 1.99. The summed E-state index contributed by atoms with van der Waals surface area (Å²) in [5, 5.41) is 3.45. The first-order chi connectivity index (χ1) is 7.58. The molecular formula is C12H22N2OS. The minimum absolute atomic E-state index is 0.217. The Morgan fingerprint density at radius 2 is 2.19 bits per heavy atom. The molecule has 0 fully saturated rings. The fraction of sp³-hybridized carbons (Fsp3) is 0.667. The van der Waals surface area contributed by atoms with Gasteiger partial charge in [-0.05, 0) is 32.4 Å². The van der Waals surface area contributed by atoms with Crippen molar-refractivity contribution in [1.82, 2.24) is 5.32 Å². The largest absolute Gasteiger partial charge is 0.380 e. The second kappa shape index (κ2) is 6.35. The van der Waals surface area contributed by atoms with Crippen LogP contribution >= 0.6 is 11.3 Å². The zero-order chi connectivity index (χ0) is 12.1. The molecule has 0 aromatic carbocycles. The molecule has 2 unspecified atom stereocenters. The Morgan fingerprint density at radius 3 is 2.62 bits per heavy atom. The first kappa shape index (κ1) is 13.6. The number of rotatable bonds is 6. The molecule has 3 nitrogen and oxygen atoms in total. The maximum atomic E-state index is 5.81. The SMILES string of the molecule is COC(C)CNC(CN)c1cc(C)sc1C. The van der Waals surface area contributed by atoms with Crippen LogP contribution in [0.3, 0.4) is 0 Å². The summed E-state index contributed by atoms with van der Waals surface area (Å²) in [5.74, 6) is 0. The molecule has 0 radical (unpaired) electrons. The molecule has 0 bridgehead atoms. The van der Waals surface area contributed by atoms with Crippen LogP contribution in [0.25, 0.3) is 0 Å². The van der Waals surface area contributed by atoms with Gasteiger partial charge in [0.15, 0.2) is 0 Å². The van der Waals surface area contributed by atoms with Crippen LogP contribution in [0.5, 0.6) is 0 Å². The van der Waals surface area contributed by atoms with E-state index >= 15 is 0 Å². The molecule has 0 saturated heterocycles. The third-order valence-electron chi connectivity index (χ3n) is 2.74. The lowest BCUT2D eigenvalue weighted by Crippen LogP contribution is -2.34. The number of hydrogen-bond acceptors (Lipinski definition) is 4. The van der Waals surface area contributed by atoms with E-state index in [2.05, 4.69) is 25.2 Å². The van der Waals surface area contributed by atoms with E-state index in [1.807, 2.05) is 18.3 Å². The molecule has 3 N–H and O–H groups in total. The first-order valence-corrected chi connectivity index (χ1v) is 6.43. The second-order valence-corrected chi connectivity index (χ2v) is 5.57. The van der Waals surface area contributed by atoms with Gasteiger partial charge in [-0.2, -0.15) is 0 Å². The minimum atomic E-state index is 0.217. The molecule has 0 aliphatic carbocycles. The normalized spacial score (nSPS) is 15.1. The Balaban J connectivity index is 2.64. The molecule has 16 heavy (non-hydrogen) atoms. The molecule has 1 aromatic heterocycles. The van der Waals surface area contributed by atoms with E-state index in [1.165, 1.54) is 15.3 Å². The molecule has 4 heteroatoms. The van der Waals surface area contributed by atoms with Crippen molar-refractivity contribution in [1.29, 1.82) is 0 Å². The molecule has 0 saturated carbocycles. The molecular weight excluding hydrogens is 220 g/mol. The van der Waals surface area contributed by atoms with Gasteiger partial charge in [0.2, 0.25) is 0 Å². The Hall–Kier alpha value is -0.420. The number of aryl methyl sites for hydroxylation is 2. The van der Waals surface area contributed by atoms with Crippen molar-refractivity contribution in [3.63, 3.8) is 0 Å². The van der Waals surface area contributed by atoms with Crippen LogP contribution in [0, 0.1) is 13.8 Å². The number of thiophene rings is 1. The predicted molar refractivity (Wildman–Crippen MR) is 70.1 cm³/mol. The fourth-order valence-corrected chi connectivity index (χ4v) is 2.70. The maximum absolute atomic E-state index is 5.81. The van der Waals surface area contributed by atoms with Gasteiger partial charge in [-0.3, -0.25) is 0 Å². The van der Waals surface area contributed by atoms with E-state index in [0.29, 0.717) is 6.54 Å². The highest BCUT2D eigenvalue weighted by atomic mass is 32.1. The highest BCUT2D eigenvalue weighted by Crippen LogP contribution is 2.25. The van der Waals surface area contributed by atoms with E-state index < -0.39 is 0 Å². The number of nitrogens with one attached hydrogen (secondary N) is 1. The van der Waals surface area contributed by atoms with Crippen LogP contribution in [0.2, 0.25) is 0 Å². The van der Waals surface area contributed by atoms with Crippen molar-refractivity contribution in [3.8, 4) is 0 Å². The lowest BCUT2D eigenvalue weighted by Gasteiger charge is -2.19. The van der Waals surface area contributed by atoms with Gasteiger partial charge in [0.25, 0.3) is 0 Å². The summed E-state index contributed by atoms with van der Waals surface area (Å²) in [4.78, 5) is 2.69. The average molecular weight is 242 g/mol. The summed E-state index contributed by atoms with van der Waals surface area (Å²) in [7, 11) is 1.73. The van der Waals surface area contributed by atoms with Gasteiger partial charge in [0, 0.05) is 36.0 Å². The lowest BCUT2D eigenvalue weighted by molar-refractivity contribution is 0.114. The van der Waals surface area contributed by atoms with Gasteiger partial charge in [0.1, 0.15) is 0 Å².